The Balaban J connectivity index is 1.85. The van der Waals surface area contributed by atoms with E-state index in [0.29, 0.717) is 22.6 Å². The largest absolute Gasteiger partial charge is 0.493 e. The summed E-state index contributed by atoms with van der Waals surface area (Å²) in [6.07, 6.45) is 1.55. The molecule has 0 atom stereocenters. The minimum atomic E-state index is -1.23. The zero-order valence-corrected chi connectivity index (χ0v) is 15.7. The summed E-state index contributed by atoms with van der Waals surface area (Å²) in [6.45, 7) is 0. The van der Waals surface area contributed by atoms with Crippen LogP contribution in [0.5, 0.6) is 11.5 Å². The molecule has 144 valence electrons. The fourth-order valence-corrected chi connectivity index (χ4v) is 3.18. The zero-order valence-electron chi connectivity index (χ0n) is 14.2. The molecular formula is C18H11ClF2N2O4S. The minimum Gasteiger partial charge on any atom is -0.493 e. The Morgan fingerprint density at radius 1 is 1.21 bits per heavy atom. The van der Waals surface area contributed by atoms with Gasteiger partial charge in [0.25, 0.3) is 5.91 Å². The van der Waals surface area contributed by atoms with Crippen molar-refractivity contribution in [3.63, 3.8) is 0 Å². The van der Waals surface area contributed by atoms with E-state index in [1.807, 2.05) is 0 Å². The molecule has 1 amide bonds. The summed E-state index contributed by atoms with van der Waals surface area (Å²) in [5, 5.41) is -0.143. The molecule has 0 fully saturated rings. The fourth-order valence-electron chi connectivity index (χ4n) is 2.27. The molecule has 3 rings (SSSR count). The van der Waals surface area contributed by atoms with Crippen LogP contribution in [-0.4, -0.2) is 24.2 Å². The lowest BCUT2D eigenvalue weighted by Gasteiger charge is -2.11. The van der Waals surface area contributed by atoms with Gasteiger partial charge in [0, 0.05) is 0 Å². The zero-order chi connectivity index (χ0) is 20.4. The highest BCUT2D eigenvalue weighted by Gasteiger charge is 2.21. The maximum Gasteiger partial charge on any atom is 0.345 e. The number of carbonyl (C=O) groups excluding carboxylic acids is 2. The summed E-state index contributed by atoms with van der Waals surface area (Å²) in [4.78, 5) is 27.9. The van der Waals surface area contributed by atoms with Gasteiger partial charge in [-0.1, -0.05) is 17.7 Å². The van der Waals surface area contributed by atoms with Crippen molar-refractivity contribution >= 4 is 46.5 Å². The molecule has 0 spiro atoms. The van der Waals surface area contributed by atoms with Crippen LogP contribution in [0.25, 0.3) is 6.08 Å². The van der Waals surface area contributed by atoms with E-state index in [1.165, 1.54) is 19.2 Å². The molecule has 0 aromatic heterocycles. The van der Waals surface area contributed by atoms with Crippen molar-refractivity contribution in [2.24, 2.45) is 10.7 Å². The maximum atomic E-state index is 13.4. The van der Waals surface area contributed by atoms with Crippen LogP contribution in [0.2, 0.25) is 5.02 Å². The standard InChI is InChI=1S/C18H11ClF2N2O4S/c1-26-14-4-8(5-15-16(24)23-18(22)28-15)2-3-13(14)27-17(25)9-6-11(20)12(21)7-10(9)19/h2-7H,1H3,(H2,22,23,24)/b15-5+. The molecular weight excluding hydrogens is 414 g/mol. The highest BCUT2D eigenvalue weighted by atomic mass is 35.5. The SMILES string of the molecule is COc1cc(/C=C2/SC(N)=NC2=O)ccc1OC(=O)c1cc(F)c(F)cc1Cl. The van der Waals surface area contributed by atoms with Gasteiger partial charge in [0.05, 0.1) is 22.6 Å². The number of carbonyl (C=O) groups is 2. The predicted octanol–water partition coefficient (Wildman–Crippen LogP) is 3.78. The number of esters is 1. The number of nitrogens with two attached hydrogens (primary N) is 1. The first-order chi connectivity index (χ1) is 13.3. The van der Waals surface area contributed by atoms with Gasteiger partial charge in [-0.25, -0.2) is 13.6 Å². The first kappa shape index (κ1) is 19.8. The summed E-state index contributed by atoms with van der Waals surface area (Å²) in [6, 6.07) is 5.84. The second-order valence-electron chi connectivity index (χ2n) is 5.41. The number of thioether (sulfide) groups is 1. The maximum absolute atomic E-state index is 13.4. The highest BCUT2D eigenvalue weighted by molar-refractivity contribution is 8.18. The lowest BCUT2D eigenvalue weighted by molar-refractivity contribution is -0.113. The lowest BCUT2D eigenvalue weighted by Crippen LogP contribution is -2.11. The fraction of sp³-hybridized carbons (Fsp3) is 0.0556. The summed E-state index contributed by atoms with van der Waals surface area (Å²) in [7, 11) is 1.35. The van der Waals surface area contributed by atoms with Gasteiger partial charge in [-0.15, -0.1) is 0 Å². The Morgan fingerprint density at radius 3 is 2.57 bits per heavy atom. The number of amides is 1. The average Bonchev–Trinajstić information content (AvgIpc) is 2.96. The first-order valence-electron chi connectivity index (χ1n) is 7.61. The van der Waals surface area contributed by atoms with Crippen molar-refractivity contribution in [3.05, 3.63) is 63.0 Å². The smallest absolute Gasteiger partial charge is 0.345 e. The molecule has 6 nitrogen and oxygen atoms in total. The topological polar surface area (TPSA) is 91.0 Å². The number of nitrogens with zero attached hydrogens (tertiary/aromatic N) is 1. The molecule has 0 unspecified atom stereocenters. The molecule has 1 heterocycles. The van der Waals surface area contributed by atoms with Gasteiger partial charge >= 0.3 is 5.97 Å². The Kier molecular flexibility index (Phi) is 5.66. The number of halogens is 3. The van der Waals surface area contributed by atoms with Gasteiger partial charge in [0.1, 0.15) is 0 Å². The summed E-state index contributed by atoms with van der Waals surface area (Å²) in [5.41, 5.74) is 5.73. The molecule has 28 heavy (non-hydrogen) atoms. The number of ether oxygens (including phenoxy) is 2. The molecule has 0 bridgehead atoms. The van der Waals surface area contributed by atoms with Gasteiger partial charge < -0.3 is 15.2 Å². The number of benzene rings is 2. The third-order valence-corrected chi connectivity index (χ3v) is 4.68. The third-order valence-electron chi connectivity index (χ3n) is 3.56. The van der Waals surface area contributed by atoms with Crippen LogP contribution in [0, 0.1) is 11.6 Å². The van der Waals surface area contributed by atoms with Crippen molar-refractivity contribution in [2.45, 2.75) is 0 Å². The summed E-state index contributed by atoms with van der Waals surface area (Å²) < 4.78 is 36.9. The van der Waals surface area contributed by atoms with E-state index < -0.39 is 23.5 Å². The van der Waals surface area contributed by atoms with Gasteiger partial charge in [-0.3, -0.25) is 4.79 Å². The quantitative estimate of drug-likeness (QED) is 0.347. The molecule has 0 aliphatic carbocycles. The van der Waals surface area contributed by atoms with E-state index in [0.717, 1.165) is 11.8 Å². The van der Waals surface area contributed by atoms with Crippen molar-refractivity contribution < 1.29 is 27.8 Å². The number of hydrogen-bond acceptors (Lipinski definition) is 6. The van der Waals surface area contributed by atoms with Crippen LogP contribution in [-0.2, 0) is 4.79 Å². The van der Waals surface area contributed by atoms with Crippen molar-refractivity contribution in [2.75, 3.05) is 7.11 Å². The van der Waals surface area contributed by atoms with E-state index in [-0.39, 0.29) is 27.3 Å². The van der Waals surface area contributed by atoms with Crippen LogP contribution in [0.1, 0.15) is 15.9 Å². The number of hydrogen-bond donors (Lipinski definition) is 1. The van der Waals surface area contributed by atoms with Crippen molar-refractivity contribution in [1.82, 2.24) is 0 Å². The number of aliphatic imine (C=N–C) groups is 1. The van der Waals surface area contributed by atoms with Gasteiger partial charge in [-0.05, 0) is 47.7 Å². The second-order valence-corrected chi connectivity index (χ2v) is 6.88. The Morgan fingerprint density at radius 2 is 1.93 bits per heavy atom. The molecule has 10 heteroatoms. The normalized spacial score (nSPS) is 14.9. The molecule has 2 N–H and O–H groups in total. The molecule has 0 saturated heterocycles. The van der Waals surface area contributed by atoms with Crippen molar-refractivity contribution in [1.29, 1.82) is 0 Å². The summed E-state index contributed by atoms with van der Waals surface area (Å²) in [5.74, 6) is -3.66. The Labute approximate surface area is 167 Å². The highest BCUT2D eigenvalue weighted by Crippen LogP contribution is 2.33. The molecule has 0 saturated carbocycles. The number of amidine groups is 1. The molecule has 2 aromatic rings. The third kappa shape index (κ3) is 4.15. The van der Waals surface area contributed by atoms with E-state index in [9.17, 15) is 18.4 Å². The average molecular weight is 425 g/mol. The second kappa shape index (κ2) is 7.99. The number of rotatable bonds is 4. The number of methoxy groups -OCH3 is 1. The monoisotopic (exact) mass is 424 g/mol. The first-order valence-corrected chi connectivity index (χ1v) is 8.80. The van der Waals surface area contributed by atoms with Gasteiger partial charge in [0.2, 0.25) is 0 Å². The minimum absolute atomic E-state index is 0.0246. The van der Waals surface area contributed by atoms with E-state index >= 15 is 0 Å². The van der Waals surface area contributed by atoms with E-state index in [2.05, 4.69) is 4.99 Å². The van der Waals surface area contributed by atoms with Gasteiger partial charge in [-0.2, -0.15) is 4.99 Å². The van der Waals surface area contributed by atoms with Crippen molar-refractivity contribution in [3.8, 4) is 11.5 Å². The Hall–Kier alpha value is -2.91. The van der Waals surface area contributed by atoms with E-state index in [4.69, 9.17) is 26.8 Å². The van der Waals surface area contributed by atoms with Gasteiger partial charge in [0.15, 0.2) is 28.3 Å². The molecule has 1 aliphatic rings. The molecule has 0 radical (unpaired) electrons. The van der Waals surface area contributed by atoms with Crippen LogP contribution < -0.4 is 15.2 Å². The predicted molar refractivity (Wildman–Crippen MR) is 102 cm³/mol. The van der Waals surface area contributed by atoms with E-state index in [1.54, 1.807) is 12.1 Å². The van der Waals surface area contributed by atoms with Crippen LogP contribution >= 0.6 is 23.4 Å². The lowest BCUT2D eigenvalue weighted by atomic mass is 10.1. The molecule has 1 aliphatic heterocycles. The van der Waals surface area contributed by atoms with Crippen LogP contribution in [0.4, 0.5) is 8.78 Å². The Bertz CT molecular complexity index is 1060. The van der Waals surface area contributed by atoms with Crippen LogP contribution in [0.3, 0.4) is 0 Å². The molecule has 2 aromatic carbocycles. The van der Waals surface area contributed by atoms with Crippen LogP contribution in [0.15, 0.2) is 40.2 Å². The summed E-state index contributed by atoms with van der Waals surface area (Å²) >= 11 is 6.81.